The van der Waals surface area contributed by atoms with Gasteiger partial charge in [-0.15, -0.1) is 0 Å². The summed E-state index contributed by atoms with van der Waals surface area (Å²) in [5.41, 5.74) is 3.71. The minimum atomic E-state index is -0.403. The van der Waals surface area contributed by atoms with Crippen LogP contribution in [0.3, 0.4) is 0 Å². The highest BCUT2D eigenvalue weighted by molar-refractivity contribution is 5.93. The number of carbonyl (C=O) groups is 2. The molecular formula is C26H24FN3O3. The third-order valence-electron chi connectivity index (χ3n) is 6.54. The summed E-state index contributed by atoms with van der Waals surface area (Å²) >= 11 is 0. The number of nitrogens with zero attached hydrogens (tertiary/aromatic N) is 2. The summed E-state index contributed by atoms with van der Waals surface area (Å²) in [5.74, 6) is -0.635. The van der Waals surface area contributed by atoms with Gasteiger partial charge in [-0.2, -0.15) is 0 Å². The van der Waals surface area contributed by atoms with Gasteiger partial charge < -0.3 is 20.2 Å². The average molecular weight is 445 g/mol. The van der Waals surface area contributed by atoms with E-state index in [0.29, 0.717) is 12.2 Å². The van der Waals surface area contributed by atoms with Gasteiger partial charge in [-0.1, -0.05) is 54.6 Å². The Kier molecular flexibility index (Phi) is 5.56. The van der Waals surface area contributed by atoms with Crippen molar-refractivity contribution in [2.24, 2.45) is 0 Å². The summed E-state index contributed by atoms with van der Waals surface area (Å²) in [4.78, 5) is 28.8. The Morgan fingerprint density at radius 2 is 1.64 bits per heavy atom. The number of nitrogens with one attached hydrogen (secondary N) is 1. The molecule has 3 amide bonds. The number of urea groups is 1. The molecule has 6 nitrogen and oxygen atoms in total. The largest absolute Gasteiger partial charge is 0.394 e. The molecule has 2 heterocycles. The first-order valence-corrected chi connectivity index (χ1v) is 10.9. The molecule has 0 aromatic heterocycles. The number of aliphatic hydroxyl groups excluding tert-OH is 1. The summed E-state index contributed by atoms with van der Waals surface area (Å²) in [6.07, 6.45) is 0. The minimum absolute atomic E-state index is 0.0559. The van der Waals surface area contributed by atoms with Crippen LogP contribution in [-0.4, -0.2) is 58.6 Å². The molecule has 5 rings (SSSR count). The standard InChI is InChI=1S/C26H24FN3O3/c27-20-10-12-21(13-11-20)28-26(33)29-14-22-25(23(16-31)30(22)24(32)15-29)19-8-6-18(7-9-19)17-4-2-1-3-5-17/h1-13,22-23,25,31H,14-16H2,(H,28,33)/t22-,23-,25+/m0/s1. The molecule has 3 aromatic rings. The molecular weight excluding hydrogens is 421 g/mol. The number of fused-ring (bicyclic) bond motifs is 1. The molecule has 2 saturated heterocycles. The third kappa shape index (κ3) is 3.96. The fraction of sp³-hybridized carbons (Fsp3) is 0.231. The van der Waals surface area contributed by atoms with Crippen molar-refractivity contribution >= 4 is 17.6 Å². The molecule has 2 N–H and O–H groups in total. The van der Waals surface area contributed by atoms with E-state index in [1.165, 1.54) is 29.2 Å². The summed E-state index contributed by atoms with van der Waals surface area (Å²) in [5, 5.41) is 12.7. The van der Waals surface area contributed by atoms with Gasteiger partial charge in [0.2, 0.25) is 5.91 Å². The van der Waals surface area contributed by atoms with E-state index in [1.54, 1.807) is 4.90 Å². The normalized spacial score (nSPS) is 21.9. The van der Waals surface area contributed by atoms with Crippen LogP contribution in [-0.2, 0) is 4.79 Å². The SMILES string of the molecule is O=C(Nc1ccc(F)cc1)N1CC(=O)N2[C@@H](CO)[C@H](c3ccc(-c4ccccc4)cc3)[C@@H]2C1. The van der Waals surface area contributed by atoms with Gasteiger partial charge in [0.15, 0.2) is 0 Å². The molecule has 3 atom stereocenters. The van der Waals surface area contributed by atoms with Crippen molar-refractivity contribution in [3.63, 3.8) is 0 Å². The van der Waals surface area contributed by atoms with Crippen molar-refractivity contribution < 1.29 is 19.1 Å². The van der Waals surface area contributed by atoms with Gasteiger partial charge in [0, 0.05) is 18.2 Å². The minimum Gasteiger partial charge on any atom is -0.394 e. The van der Waals surface area contributed by atoms with Crippen molar-refractivity contribution in [2.75, 3.05) is 25.0 Å². The Morgan fingerprint density at radius 1 is 0.970 bits per heavy atom. The topological polar surface area (TPSA) is 72.9 Å². The van der Waals surface area contributed by atoms with E-state index in [9.17, 15) is 19.1 Å². The van der Waals surface area contributed by atoms with E-state index in [4.69, 9.17) is 0 Å². The molecule has 2 fully saturated rings. The fourth-order valence-corrected chi connectivity index (χ4v) is 4.92. The van der Waals surface area contributed by atoms with Crippen LogP contribution in [0.1, 0.15) is 11.5 Å². The Morgan fingerprint density at radius 3 is 2.30 bits per heavy atom. The van der Waals surface area contributed by atoms with Crippen LogP contribution in [0.25, 0.3) is 11.1 Å². The zero-order valence-electron chi connectivity index (χ0n) is 17.9. The zero-order valence-corrected chi connectivity index (χ0v) is 17.9. The van der Waals surface area contributed by atoms with E-state index < -0.39 is 6.03 Å². The van der Waals surface area contributed by atoms with Crippen LogP contribution >= 0.6 is 0 Å². The zero-order chi connectivity index (χ0) is 22.9. The summed E-state index contributed by atoms with van der Waals surface area (Å²) in [7, 11) is 0. The second-order valence-electron chi connectivity index (χ2n) is 8.45. The number of benzene rings is 3. The van der Waals surface area contributed by atoms with Gasteiger partial charge in [-0.05, 0) is 41.0 Å². The average Bonchev–Trinajstić information content (AvgIpc) is 2.82. The van der Waals surface area contributed by atoms with Crippen LogP contribution in [0.2, 0.25) is 0 Å². The lowest BCUT2D eigenvalue weighted by Gasteiger charge is -2.58. The Bertz CT molecular complexity index is 1150. The Hall–Kier alpha value is -3.71. The Balaban J connectivity index is 1.33. The second kappa shape index (κ2) is 8.67. The molecule has 168 valence electrons. The van der Waals surface area contributed by atoms with E-state index in [-0.39, 0.29) is 42.9 Å². The van der Waals surface area contributed by atoms with Crippen LogP contribution in [0, 0.1) is 5.82 Å². The van der Waals surface area contributed by atoms with Crippen molar-refractivity contribution in [1.82, 2.24) is 9.80 Å². The van der Waals surface area contributed by atoms with Crippen molar-refractivity contribution in [3.8, 4) is 11.1 Å². The predicted octanol–water partition coefficient (Wildman–Crippen LogP) is 3.70. The van der Waals surface area contributed by atoms with E-state index >= 15 is 0 Å². The molecule has 0 saturated carbocycles. The molecule has 0 aliphatic carbocycles. The van der Waals surface area contributed by atoms with E-state index in [2.05, 4.69) is 5.32 Å². The number of aliphatic hydroxyl groups is 1. The molecule has 0 radical (unpaired) electrons. The Labute approximate surface area is 191 Å². The lowest BCUT2D eigenvalue weighted by Crippen LogP contribution is -2.73. The molecule has 0 spiro atoms. The summed E-state index contributed by atoms with van der Waals surface area (Å²) in [6, 6.07) is 22.8. The number of hydrogen-bond donors (Lipinski definition) is 2. The fourth-order valence-electron chi connectivity index (χ4n) is 4.92. The molecule has 3 aromatic carbocycles. The lowest BCUT2D eigenvalue weighted by molar-refractivity contribution is -0.159. The number of piperazine rings is 1. The molecule has 7 heteroatoms. The van der Waals surface area contributed by atoms with Crippen molar-refractivity contribution in [3.05, 3.63) is 90.2 Å². The van der Waals surface area contributed by atoms with Gasteiger partial charge in [-0.25, -0.2) is 9.18 Å². The first-order valence-electron chi connectivity index (χ1n) is 10.9. The number of rotatable bonds is 4. The third-order valence-corrected chi connectivity index (χ3v) is 6.54. The van der Waals surface area contributed by atoms with Gasteiger partial charge in [-0.3, -0.25) is 4.79 Å². The first-order chi connectivity index (χ1) is 16.0. The number of amides is 3. The maximum atomic E-state index is 13.1. The summed E-state index contributed by atoms with van der Waals surface area (Å²) in [6.45, 7) is 0.176. The lowest BCUT2D eigenvalue weighted by atomic mass is 9.73. The maximum absolute atomic E-state index is 13.1. The number of hydrogen-bond acceptors (Lipinski definition) is 3. The van der Waals surface area contributed by atoms with Crippen LogP contribution in [0.5, 0.6) is 0 Å². The predicted molar refractivity (Wildman–Crippen MR) is 123 cm³/mol. The quantitative estimate of drug-likeness (QED) is 0.643. The van der Waals surface area contributed by atoms with Gasteiger partial charge >= 0.3 is 6.03 Å². The smallest absolute Gasteiger partial charge is 0.322 e. The highest BCUT2D eigenvalue weighted by Crippen LogP contribution is 2.43. The van der Waals surface area contributed by atoms with Crippen LogP contribution < -0.4 is 5.32 Å². The number of anilines is 1. The first kappa shape index (κ1) is 21.2. The van der Waals surface area contributed by atoms with Gasteiger partial charge in [0.25, 0.3) is 0 Å². The molecule has 2 aliphatic heterocycles. The van der Waals surface area contributed by atoms with Crippen molar-refractivity contribution in [1.29, 1.82) is 0 Å². The molecule has 33 heavy (non-hydrogen) atoms. The highest BCUT2D eigenvalue weighted by atomic mass is 19.1. The van der Waals surface area contributed by atoms with E-state index in [1.807, 2.05) is 54.6 Å². The summed E-state index contributed by atoms with van der Waals surface area (Å²) < 4.78 is 13.1. The van der Waals surface area contributed by atoms with Gasteiger partial charge in [0.1, 0.15) is 12.4 Å². The van der Waals surface area contributed by atoms with Crippen LogP contribution in [0.4, 0.5) is 14.9 Å². The molecule has 2 aliphatic rings. The highest BCUT2D eigenvalue weighted by Gasteiger charge is 2.54. The van der Waals surface area contributed by atoms with Gasteiger partial charge in [0.05, 0.1) is 18.7 Å². The number of halogens is 1. The van der Waals surface area contributed by atoms with Crippen molar-refractivity contribution in [2.45, 2.75) is 18.0 Å². The van der Waals surface area contributed by atoms with Crippen LogP contribution in [0.15, 0.2) is 78.9 Å². The molecule has 0 bridgehead atoms. The maximum Gasteiger partial charge on any atom is 0.322 e. The van der Waals surface area contributed by atoms with E-state index in [0.717, 1.165) is 16.7 Å². The molecule has 0 unspecified atom stereocenters. The monoisotopic (exact) mass is 445 g/mol. The second-order valence-corrected chi connectivity index (χ2v) is 8.45. The number of carbonyl (C=O) groups excluding carboxylic acids is 2.